The highest BCUT2D eigenvalue weighted by Gasteiger charge is 2.30. The first-order valence-electron chi connectivity index (χ1n) is 6.76. The van der Waals surface area contributed by atoms with Gasteiger partial charge < -0.3 is 9.84 Å². The number of ether oxygens (including phenoxy) is 1. The third-order valence-electron chi connectivity index (χ3n) is 3.53. The smallest absolute Gasteiger partial charge is 0.313 e. The van der Waals surface area contributed by atoms with Crippen LogP contribution in [0.25, 0.3) is 5.57 Å². The average Bonchev–Trinajstić information content (AvgIpc) is 2.39. The maximum atomic E-state index is 12.1. The Bertz CT molecular complexity index is 491. The first-order valence-corrected chi connectivity index (χ1v) is 6.76. The average molecular weight is 260 g/mol. The number of carbonyl (C=O) groups excluding carboxylic acids is 1. The topological polar surface area (TPSA) is 46.5 Å². The SMILES string of the molecule is CCOC(=O)C1CCC(O)C=C1c1ccccc1C. The van der Waals surface area contributed by atoms with Gasteiger partial charge in [0.15, 0.2) is 0 Å². The number of benzene rings is 1. The fourth-order valence-corrected chi connectivity index (χ4v) is 2.56. The van der Waals surface area contributed by atoms with Crippen molar-refractivity contribution in [3.8, 4) is 0 Å². The van der Waals surface area contributed by atoms with Crippen molar-refractivity contribution in [1.29, 1.82) is 0 Å². The molecule has 0 saturated heterocycles. The molecule has 0 fully saturated rings. The molecule has 0 radical (unpaired) electrons. The summed E-state index contributed by atoms with van der Waals surface area (Å²) in [6.07, 6.45) is 2.58. The first kappa shape index (κ1) is 13.8. The van der Waals surface area contributed by atoms with Crippen LogP contribution in [0.1, 0.15) is 30.9 Å². The molecule has 0 aromatic heterocycles. The Labute approximate surface area is 113 Å². The third kappa shape index (κ3) is 3.04. The molecule has 0 amide bonds. The molecule has 0 spiro atoms. The van der Waals surface area contributed by atoms with Crippen molar-refractivity contribution in [3.63, 3.8) is 0 Å². The normalized spacial score (nSPS) is 22.8. The van der Waals surface area contributed by atoms with Crippen LogP contribution in [0.3, 0.4) is 0 Å². The van der Waals surface area contributed by atoms with E-state index in [1.165, 1.54) is 0 Å². The molecule has 0 bridgehead atoms. The molecule has 19 heavy (non-hydrogen) atoms. The third-order valence-corrected chi connectivity index (χ3v) is 3.53. The maximum Gasteiger partial charge on any atom is 0.313 e. The van der Waals surface area contributed by atoms with Gasteiger partial charge in [-0.2, -0.15) is 0 Å². The van der Waals surface area contributed by atoms with Crippen molar-refractivity contribution in [2.24, 2.45) is 5.92 Å². The lowest BCUT2D eigenvalue weighted by Gasteiger charge is -2.26. The van der Waals surface area contributed by atoms with E-state index in [4.69, 9.17) is 4.74 Å². The zero-order valence-electron chi connectivity index (χ0n) is 11.4. The molecule has 1 aromatic rings. The van der Waals surface area contributed by atoms with E-state index in [-0.39, 0.29) is 11.9 Å². The zero-order chi connectivity index (χ0) is 13.8. The number of aliphatic hydroxyl groups excluding tert-OH is 1. The van der Waals surface area contributed by atoms with Gasteiger partial charge in [-0.25, -0.2) is 0 Å². The molecule has 0 heterocycles. The van der Waals surface area contributed by atoms with Crippen LogP contribution in [0, 0.1) is 12.8 Å². The van der Waals surface area contributed by atoms with Gasteiger partial charge in [-0.3, -0.25) is 4.79 Å². The summed E-state index contributed by atoms with van der Waals surface area (Å²) in [5.41, 5.74) is 3.03. The van der Waals surface area contributed by atoms with Gasteiger partial charge in [-0.15, -0.1) is 0 Å². The van der Waals surface area contributed by atoms with Crippen molar-refractivity contribution in [1.82, 2.24) is 0 Å². The zero-order valence-corrected chi connectivity index (χ0v) is 11.4. The molecule has 1 aromatic carbocycles. The summed E-state index contributed by atoms with van der Waals surface area (Å²) >= 11 is 0. The predicted molar refractivity (Wildman–Crippen MR) is 74.5 cm³/mol. The molecule has 0 saturated carbocycles. The summed E-state index contributed by atoms with van der Waals surface area (Å²) < 4.78 is 5.15. The van der Waals surface area contributed by atoms with Crippen molar-refractivity contribution in [2.75, 3.05) is 6.61 Å². The van der Waals surface area contributed by atoms with Crippen LogP contribution < -0.4 is 0 Å². The Morgan fingerprint density at radius 2 is 2.11 bits per heavy atom. The number of aliphatic hydroxyl groups is 1. The molecule has 1 aliphatic rings. The maximum absolute atomic E-state index is 12.1. The minimum Gasteiger partial charge on any atom is -0.466 e. The largest absolute Gasteiger partial charge is 0.466 e. The van der Waals surface area contributed by atoms with Crippen molar-refractivity contribution >= 4 is 11.5 Å². The summed E-state index contributed by atoms with van der Waals surface area (Å²) in [6.45, 7) is 4.21. The molecule has 3 heteroatoms. The quantitative estimate of drug-likeness (QED) is 0.850. The fourth-order valence-electron chi connectivity index (χ4n) is 2.56. The second-order valence-electron chi connectivity index (χ2n) is 4.89. The summed E-state index contributed by atoms with van der Waals surface area (Å²) in [5, 5.41) is 9.83. The van der Waals surface area contributed by atoms with Crippen molar-refractivity contribution < 1.29 is 14.6 Å². The first-order chi connectivity index (χ1) is 9.13. The van der Waals surface area contributed by atoms with Crippen LogP contribution >= 0.6 is 0 Å². The van der Waals surface area contributed by atoms with Crippen LogP contribution in [-0.2, 0) is 9.53 Å². The summed E-state index contributed by atoms with van der Waals surface area (Å²) in [4.78, 5) is 12.1. The van der Waals surface area contributed by atoms with E-state index >= 15 is 0 Å². The number of aryl methyl sites for hydroxylation is 1. The van der Waals surface area contributed by atoms with Gasteiger partial charge in [0.05, 0.1) is 18.6 Å². The number of hydrogen-bond donors (Lipinski definition) is 1. The van der Waals surface area contributed by atoms with Crippen LogP contribution in [-0.4, -0.2) is 23.8 Å². The van der Waals surface area contributed by atoms with E-state index in [9.17, 15) is 9.90 Å². The molecular weight excluding hydrogens is 240 g/mol. The molecule has 2 unspecified atom stereocenters. The Kier molecular flexibility index (Phi) is 4.38. The van der Waals surface area contributed by atoms with E-state index in [2.05, 4.69) is 0 Å². The van der Waals surface area contributed by atoms with Gasteiger partial charge in [0.2, 0.25) is 0 Å². The molecule has 102 valence electrons. The van der Waals surface area contributed by atoms with E-state index in [1.54, 1.807) is 6.08 Å². The molecular formula is C16H20O3. The van der Waals surface area contributed by atoms with Crippen LogP contribution in [0.2, 0.25) is 0 Å². The Hall–Kier alpha value is -1.61. The highest BCUT2D eigenvalue weighted by molar-refractivity contribution is 5.89. The van der Waals surface area contributed by atoms with Crippen molar-refractivity contribution in [2.45, 2.75) is 32.8 Å². The number of rotatable bonds is 3. The highest BCUT2D eigenvalue weighted by Crippen LogP contribution is 2.35. The van der Waals surface area contributed by atoms with E-state index in [0.717, 1.165) is 16.7 Å². The van der Waals surface area contributed by atoms with Gasteiger partial charge in [0.1, 0.15) is 0 Å². The summed E-state index contributed by atoms with van der Waals surface area (Å²) in [5.74, 6) is -0.451. The van der Waals surface area contributed by atoms with Crippen molar-refractivity contribution in [3.05, 3.63) is 41.5 Å². The molecule has 2 atom stereocenters. The second kappa shape index (κ2) is 6.02. The van der Waals surface area contributed by atoms with Gasteiger partial charge in [-0.1, -0.05) is 30.3 Å². The molecule has 1 N–H and O–H groups in total. The number of carbonyl (C=O) groups is 1. The predicted octanol–water partition coefficient (Wildman–Crippen LogP) is 2.71. The molecule has 2 rings (SSSR count). The second-order valence-corrected chi connectivity index (χ2v) is 4.89. The number of hydrogen-bond acceptors (Lipinski definition) is 3. The van der Waals surface area contributed by atoms with E-state index < -0.39 is 6.10 Å². The van der Waals surface area contributed by atoms with E-state index in [1.807, 2.05) is 38.1 Å². The lowest BCUT2D eigenvalue weighted by Crippen LogP contribution is -2.25. The Morgan fingerprint density at radius 3 is 2.79 bits per heavy atom. The Balaban J connectivity index is 2.37. The van der Waals surface area contributed by atoms with Gasteiger partial charge >= 0.3 is 5.97 Å². The van der Waals surface area contributed by atoms with Crippen LogP contribution in [0.4, 0.5) is 0 Å². The minimum absolute atomic E-state index is 0.191. The lowest BCUT2D eigenvalue weighted by molar-refractivity contribution is -0.146. The van der Waals surface area contributed by atoms with Crippen LogP contribution in [0.5, 0.6) is 0 Å². The van der Waals surface area contributed by atoms with Crippen LogP contribution in [0.15, 0.2) is 30.3 Å². The molecule has 0 aliphatic heterocycles. The Morgan fingerprint density at radius 1 is 1.37 bits per heavy atom. The lowest BCUT2D eigenvalue weighted by atomic mass is 9.81. The minimum atomic E-state index is -0.472. The molecule has 3 nitrogen and oxygen atoms in total. The standard InChI is InChI=1S/C16H20O3/c1-3-19-16(18)14-9-8-12(17)10-15(14)13-7-5-4-6-11(13)2/h4-7,10,12,14,17H,3,8-9H2,1-2H3. The summed E-state index contributed by atoms with van der Waals surface area (Å²) in [6, 6.07) is 7.93. The van der Waals surface area contributed by atoms with Gasteiger partial charge in [0.25, 0.3) is 0 Å². The van der Waals surface area contributed by atoms with Gasteiger partial charge in [0, 0.05) is 0 Å². The number of esters is 1. The highest BCUT2D eigenvalue weighted by atomic mass is 16.5. The summed E-state index contributed by atoms with van der Waals surface area (Å²) in [7, 11) is 0. The van der Waals surface area contributed by atoms with Gasteiger partial charge in [-0.05, 0) is 43.4 Å². The van der Waals surface area contributed by atoms with E-state index in [0.29, 0.717) is 19.4 Å². The monoisotopic (exact) mass is 260 g/mol. The molecule has 1 aliphatic carbocycles. The fraction of sp³-hybridized carbons (Fsp3) is 0.438.